The van der Waals surface area contributed by atoms with Crippen LogP contribution in [0.5, 0.6) is 5.75 Å². The molecular weight excluding hydrogens is 436 g/mol. The van der Waals surface area contributed by atoms with Gasteiger partial charge in [0.25, 0.3) is 15.9 Å². The van der Waals surface area contributed by atoms with Crippen LogP contribution < -0.4 is 14.4 Å². The van der Waals surface area contributed by atoms with Gasteiger partial charge in [0.15, 0.2) is 6.10 Å². The van der Waals surface area contributed by atoms with Crippen molar-refractivity contribution in [2.24, 2.45) is 0 Å². The number of hydrogen-bond donors (Lipinski definition) is 1. The number of rotatable bonds is 6. The predicted molar refractivity (Wildman–Crippen MR) is 129 cm³/mol. The maximum atomic E-state index is 13.5. The molecule has 1 aliphatic heterocycles. The van der Waals surface area contributed by atoms with Crippen molar-refractivity contribution >= 4 is 21.6 Å². The minimum atomic E-state index is -3.88. The number of ether oxygens (including phenoxy) is 1. The molecule has 1 aliphatic rings. The van der Waals surface area contributed by atoms with Crippen LogP contribution in [0.1, 0.15) is 29.5 Å². The Kier molecular flexibility index (Phi) is 6.42. The summed E-state index contributed by atoms with van der Waals surface area (Å²) in [6.07, 6.45) is -0.955. The fourth-order valence-corrected chi connectivity index (χ4v) is 5.30. The van der Waals surface area contributed by atoms with Crippen molar-refractivity contribution in [2.75, 3.05) is 17.4 Å². The van der Waals surface area contributed by atoms with E-state index < -0.39 is 16.1 Å². The average Bonchev–Trinajstić information content (AvgIpc) is 2.82. The Morgan fingerprint density at radius 3 is 2.39 bits per heavy atom. The van der Waals surface area contributed by atoms with Crippen LogP contribution in [-0.2, 0) is 14.8 Å². The predicted octanol–water partition coefficient (Wildman–Crippen LogP) is 4.18. The molecule has 0 saturated heterocycles. The van der Waals surface area contributed by atoms with Gasteiger partial charge >= 0.3 is 0 Å². The lowest BCUT2D eigenvalue weighted by atomic mass is 10.0. The van der Waals surface area contributed by atoms with Crippen LogP contribution in [0.2, 0.25) is 0 Å². The first-order chi connectivity index (χ1) is 15.8. The Labute approximate surface area is 195 Å². The summed E-state index contributed by atoms with van der Waals surface area (Å²) in [5, 5.41) is 2.93. The Hall–Kier alpha value is -3.32. The second-order valence-electron chi connectivity index (χ2n) is 8.48. The van der Waals surface area contributed by atoms with Crippen molar-refractivity contribution in [3.05, 3.63) is 89.5 Å². The Balaban J connectivity index is 1.58. The monoisotopic (exact) mass is 464 g/mol. The molecule has 4 rings (SSSR count). The molecule has 1 N–H and O–H groups in total. The van der Waals surface area contributed by atoms with E-state index in [1.54, 1.807) is 36.4 Å². The van der Waals surface area contributed by atoms with E-state index in [4.69, 9.17) is 4.74 Å². The molecule has 0 radical (unpaired) electrons. The van der Waals surface area contributed by atoms with Crippen molar-refractivity contribution in [2.45, 2.75) is 37.7 Å². The summed E-state index contributed by atoms with van der Waals surface area (Å²) in [4.78, 5) is 13.2. The zero-order valence-corrected chi connectivity index (χ0v) is 19.8. The smallest absolute Gasteiger partial charge is 0.264 e. The van der Waals surface area contributed by atoms with Crippen LogP contribution in [0.25, 0.3) is 0 Å². The van der Waals surface area contributed by atoms with Crippen molar-refractivity contribution in [1.82, 2.24) is 5.32 Å². The van der Waals surface area contributed by atoms with E-state index >= 15 is 0 Å². The van der Waals surface area contributed by atoms with Gasteiger partial charge in [-0.1, -0.05) is 61.0 Å². The van der Waals surface area contributed by atoms with Gasteiger partial charge in [0.05, 0.1) is 17.1 Å². The third-order valence-corrected chi connectivity index (χ3v) is 7.63. The van der Waals surface area contributed by atoms with Gasteiger partial charge < -0.3 is 10.1 Å². The van der Waals surface area contributed by atoms with Crippen LogP contribution in [-0.4, -0.2) is 33.5 Å². The van der Waals surface area contributed by atoms with Crippen LogP contribution in [0.3, 0.4) is 0 Å². The second kappa shape index (κ2) is 9.27. The van der Waals surface area contributed by atoms with Crippen molar-refractivity contribution < 1.29 is 17.9 Å². The number of sulfonamides is 1. The average molecular weight is 465 g/mol. The number of nitrogens with zero attached hydrogens (tertiary/aromatic N) is 1. The summed E-state index contributed by atoms with van der Waals surface area (Å²) in [7, 11) is -3.88. The number of benzene rings is 3. The highest BCUT2D eigenvalue weighted by Gasteiger charge is 2.37. The summed E-state index contributed by atoms with van der Waals surface area (Å²) < 4.78 is 34.3. The van der Waals surface area contributed by atoms with E-state index in [0.29, 0.717) is 18.0 Å². The van der Waals surface area contributed by atoms with Crippen molar-refractivity contribution in [3.63, 3.8) is 0 Å². The van der Waals surface area contributed by atoms with Gasteiger partial charge in [0, 0.05) is 6.54 Å². The maximum absolute atomic E-state index is 13.5. The van der Waals surface area contributed by atoms with Crippen LogP contribution in [0, 0.1) is 13.8 Å². The first-order valence-electron chi connectivity index (χ1n) is 10.9. The third kappa shape index (κ3) is 4.88. The summed E-state index contributed by atoms with van der Waals surface area (Å²) >= 11 is 0. The molecule has 0 unspecified atom stereocenters. The van der Waals surface area contributed by atoms with Gasteiger partial charge in [-0.25, -0.2) is 8.42 Å². The fourth-order valence-electron chi connectivity index (χ4n) is 3.83. The van der Waals surface area contributed by atoms with Gasteiger partial charge in [0.1, 0.15) is 5.75 Å². The molecule has 172 valence electrons. The molecule has 0 aromatic heterocycles. The number of amides is 1. The van der Waals surface area contributed by atoms with Crippen molar-refractivity contribution in [1.29, 1.82) is 0 Å². The number of hydrogen-bond acceptors (Lipinski definition) is 4. The van der Waals surface area contributed by atoms with Crippen LogP contribution >= 0.6 is 0 Å². The Bertz CT molecular complexity index is 1240. The molecule has 1 amide bonds. The minimum absolute atomic E-state index is 0.0990. The SMILES string of the molecule is Cc1ccc(S(=O)(=O)N2C[C@@H](C(=O)NC[C@@H](C)c3ccccc3)Oc3ccc(C)cc32)cc1. The number of fused-ring (bicyclic) bond motifs is 1. The fraction of sp³-hybridized carbons (Fsp3) is 0.269. The molecule has 33 heavy (non-hydrogen) atoms. The van der Waals surface area contributed by atoms with E-state index in [1.165, 1.54) is 4.31 Å². The molecule has 7 heteroatoms. The summed E-state index contributed by atoms with van der Waals surface area (Å²) in [6.45, 7) is 6.15. The molecule has 6 nitrogen and oxygen atoms in total. The molecule has 0 fully saturated rings. The van der Waals surface area contributed by atoms with E-state index in [2.05, 4.69) is 5.32 Å². The first kappa shape index (κ1) is 22.9. The topological polar surface area (TPSA) is 75.7 Å². The zero-order valence-electron chi connectivity index (χ0n) is 19.0. The van der Waals surface area contributed by atoms with Crippen molar-refractivity contribution in [3.8, 4) is 5.75 Å². The lowest BCUT2D eigenvalue weighted by molar-refractivity contribution is -0.127. The molecule has 1 heterocycles. The molecule has 3 aromatic carbocycles. The molecule has 0 spiro atoms. The van der Waals surface area contributed by atoms with Crippen LogP contribution in [0.4, 0.5) is 5.69 Å². The maximum Gasteiger partial charge on any atom is 0.264 e. The molecule has 0 saturated carbocycles. The lowest BCUT2D eigenvalue weighted by Crippen LogP contribution is -2.51. The van der Waals surface area contributed by atoms with Crippen LogP contribution in [0.15, 0.2) is 77.7 Å². The standard InChI is InChI=1S/C26H28N2O4S/c1-18-9-12-22(13-10-18)33(30,31)28-17-25(32-24-14-11-19(2)15-23(24)28)26(29)27-16-20(3)21-7-5-4-6-8-21/h4-15,20,25H,16-17H2,1-3H3,(H,27,29)/t20-,25+/m1/s1. The highest BCUT2D eigenvalue weighted by Crippen LogP contribution is 2.37. The summed E-state index contributed by atoms with van der Waals surface area (Å²) in [5.41, 5.74) is 3.43. The third-order valence-electron chi connectivity index (χ3n) is 5.84. The minimum Gasteiger partial charge on any atom is -0.476 e. The Morgan fingerprint density at radius 2 is 1.70 bits per heavy atom. The zero-order chi connectivity index (χ0) is 23.6. The number of anilines is 1. The lowest BCUT2D eigenvalue weighted by Gasteiger charge is -2.35. The summed E-state index contributed by atoms with van der Waals surface area (Å²) in [5.74, 6) is 0.146. The first-order valence-corrected chi connectivity index (χ1v) is 12.4. The Morgan fingerprint density at radius 1 is 1.03 bits per heavy atom. The van der Waals surface area contributed by atoms with E-state index in [1.807, 2.05) is 57.2 Å². The quantitative estimate of drug-likeness (QED) is 0.594. The van der Waals surface area contributed by atoms with Gasteiger partial charge in [-0.05, 0) is 55.2 Å². The summed E-state index contributed by atoms with van der Waals surface area (Å²) in [6, 6.07) is 21.9. The highest BCUT2D eigenvalue weighted by molar-refractivity contribution is 7.92. The molecule has 0 aliphatic carbocycles. The number of carbonyl (C=O) groups is 1. The molecule has 2 atom stereocenters. The number of nitrogens with one attached hydrogen (secondary N) is 1. The number of carbonyl (C=O) groups excluding carboxylic acids is 1. The van der Waals surface area contributed by atoms with Gasteiger partial charge in [0.2, 0.25) is 0 Å². The second-order valence-corrected chi connectivity index (χ2v) is 10.3. The molecule has 3 aromatic rings. The molecule has 0 bridgehead atoms. The number of aryl methyl sites for hydroxylation is 2. The largest absolute Gasteiger partial charge is 0.476 e. The van der Waals surface area contributed by atoms with Gasteiger partial charge in [-0.3, -0.25) is 9.10 Å². The van der Waals surface area contributed by atoms with Gasteiger partial charge in [-0.15, -0.1) is 0 Å². The highest BCUT2D eigenvalue weighted by atomic mass is 32.2. The normalized spacial score (nSPS) is 16.5. The van der Waals surface area contributed by atoms with E-state index in [-0.39, 0.29) is 23.3 Å². The van der Waals surface area contributed by atoms with E-state index in [9.17, 15) is 13.2 Å². The van der Waals surface area contributed by atoms with Gasteiger partial charge in [-0.2, -0.15) is 0 Å². The molecular formula is C26H28N2O4S. The van der Waals surface area contributed by atoms with E-state index in [0.717, 1.165) is 16.7 Å².